The van der Waals surface area contributed by atoms with Gasteiger partial charge >= 0.3 is 0 Å². The molecule has 0 heterocycles. The molecule has 0 saturated heterocycles. The number of allylic oxidation sites excluding steroid dienone is 1. The van der Waals surface area contributed by atoms with Crippen molar-refractivity contribution in [3.63, 3.8) is 0 Å². The molecule has 0 amide bonds. The molecule has 0 aliphatic heterocycles. The van der Waals surface area contributed by atoms with Crippen LogP contribution >= 0.6 is 11.6 Å². The van der Waals surface area contributed by atoms with Crippen molar-refractivity contribution >= 4 is 11.6 Å². The highest BCUT2D eigenvalue weighted by atomic mass is 35.5. The van der Waals surface area contributed by atoms with Crippen LogP contribution in [0.4, 0.5) is 0 Å². The summed E-state index contributed by atoms with van der Waals surface area (Å²) in [4.78, 5) is 0. The van der Waals surface area contributed by atoms with Crippen LogP contribution in [0.3, 0.4) is 0 Å². The molecule has 0 saturated carbocycles. The highest BCUT2D eigenvalue weighted by molar-refractivity contribution is 6.25. The summed E-state index contributed by atoms with van der Waals surface area (Å²) in [6.45, 7) is 1.65. The summed E-state index contributed by atoms with van der Waals surface area (Å²) in [5, 5.41) is 7.93. The van der Waals surface area contributed by atoms with E-state index in [-0.39, 0.29) is 0 Å². The first-order chi connectivity index (χ1) is 2.81. The minimum Gasteiger partial charge on any atom is -0.193 e. The van der Waals surface area contributed by atoms with Crippen LogP contribution in [-0.4, -0.2) is 0 Å². The topological polar surface area (TPSA) is 23.8 Å². The smallest absolute Gasteiger partial charge is 0.0953 e. The molecular formula is C4H4ClN. The van der Waals surface area contributed by atoms with Gasteiger partial charge in [-0.05, 0) is 6.92 Å². The third kappa shape index (κ3) is 1.80. The van der Waals surface area contributed by atoms with Crippen molar-refractivity contribution in [1.29, 1.82) is 5.26 Å². The molecule has 0 fully saturated rings. The predicted octanol–water partition coefficient (Wildman–Crippen LogP) is 1.65. The molecule has 0 aromatic rings. The summed E-state index contributed by atoms with van der Waals surface area (Å²) in [6.07, 6.45) is 0. The van der Waals surface area contributed by atoms with Gasteiger partial charge in [0.1, 0.15) is 0 Å². The quantitative estimate of drug-likeness (QED) is 0.426. The Labute approximate surface area is 41.8 Å². The van der Waals surface area contributed by atoms with Gasteiger partial charge in [0, 0.05) is 11.1 Å². The monoisotopic (exact) mass is 101 g/mol. The molecule has 2 heteroatoms. The predicted molar refractivity (Wildman–Crippen MR) is 25.2 cm³/mol. The molecule has 0 aromatic carbocycles. The van der Waals surface area contributed by atoms with E-state index in [0.29, 0.717) is 5.57 Å². The van der Waals surface area contributed by atoms with Crippen molar-refractivity contribution in [2.75, 3.05) is 0 Å². The molecule has 0 spiro atoms. The molecule has 0 unspecified atom stereocenters. The average molecular weight is 102 g/mol. The Balaban J connectivity index is 3.61. The zero-order valence-corrected chi connectivity index (χ0v) is 4.16. The first-order valence-corrected chi connectivity index (χ1v) is 1.92. The van der Waals surface area contributed by atoms with E-state index in [1.54, 1.807) is 6.92 Å². The van der Waals surface area contributed by atoms with Crippen molar-refractivity contribution in [2.45, 2.75) is 6.92 Å². The standard InChI is InChI=1S/C4H4ClN/c1-4(2-5)3-6/h2H,1H3/b4-2+. The van der Waals surface area contributed by atoms with E-state index in [1.807, 2.05) is 6.07 Å². The minimum absolute atomic E-state index is 0.539. The van der Waals surface area contributed by atoms with Crippen LogP contribution < -0.4 is 0 Å². The molecule has 0 radical (unpaired) electrons. The zero-order chi connectivity index (χ0) is 4.99. The first kappa shape index (κ1) is 5.52. The second-order valence-electron chi connectivity index (χ2n) is 0.904. The van der Waals surface area contributed by atoms with Crippen LogP contribution in [0.2, 0.25) is 0 Å². The summed E-state index contributed by atoms with van der Waals surface area (Å²) in [5.74, 6) is 0. The van der Waals surface area contributed by atoms with Gasteiger partial charge in [0.05, 0.1) is 6.07 Å². The van der Waals surface area contributed by atoms with Gasteiger partial charge < -0.3 is 0 Å². The molecule has 0 atom stereocenters. The molecule has 0 aliphatic carbocycles. The van der Waals surface area contributed by atoms with Crippen LogP contribution in [0.5, 0.6) is 0 Å². The molecule has 1 nitrogen and oxygen atoms in total. The maximum absolute atomic E-state index is 7.93. The fourth-order valence-corrected chi connectivity index (χ4v) is 0.0732. The summed E-state index contributed by atoms with van der Waals surface area (Å²) in [6, 6.07) is 1.84. The van der Waals surface area contributed by atoms with Gasteiger partial charge in [-0.15, -0.1) is 0 Å². The Bertz CT molecular complexity index is 98.6. The Morgan fingerprint density at radius 2 is 2.50 bits per heavy atom. The van der Waals surface area contributed by atoms with Crippen LogP contribution in [0, 0.1) is 11.3 Å². The molecule has 0 aromatic heterocycles. The fraction of sp³-hybridized carbons (Fsp3) is 0.250. The lowest BCUT2D eigenvalue weighted by atomic mass is 10.4. The zero-order valence-electron chi connectivity index (χ0n) is 3.40. The van der Waals surface area contributed by atoms with Gasteiger partial charge in [0.15, 0.2) is 0 Å². The Morgan fingerprint density at radius 1 is 2.00 bits per heavy atom. The number of hydrogen-bond donors (Lipinski definition) is 0. The second-order valence-corrected chi connectivity index (χ2v) is 1.12. The van der Waals surface area contributed by atoms with Crippen molar-refractivity contribution in [1.82, 2.24) is 0 Å². The van der Waals surface area contributed by atoms with Gasteiger partial charge in [-0.1, -0.05) is 11.6 Å². The SMILES string of the molecule is C/C(C#N)=C\Cl. The Hall–Kier alpha value is -0.480. The summed E-state index contributed by atoms with van der Waals surface area (Å²) >= 11 is 5.07. The largest absolute Gasteiger partial charge is 0.193 e. The van der Waals surface area contributed by atoms with Crippen molar-refractivity contribution in [3.8, 4) is 6.07 Å². The molecule has 6 heavy (non-hydrogen) atoms. The molecule has 0 bridgehead atoms. The normalized spacial score (nSPS) is 10.5. The van der Waals surface area contributed by atoms with Crippen LogP contribution in [0.25, 0.3) is 0 Å². The third-order valence-corrected chi connectivity index (χ3v) is 0.667. The Morgan fingerprint density at radius 3 is 2.50 bits per heavy atom. The van der Waals surface area contributed by atoms with Crippen molar-refractivity contribution < 1.29 is 0 Å². The van der Waals surface area contributed by atoms with E-state index in [1.165, 1.54) is 5.54 Å². The number of hydrogen-bond acceptors (Lipinski definition) is 1. The van der Waals surface area contributed by atoms with Crippen molar-refractivity contribution in [2.24, 2.45) is 0 Å². The number of nitriles is 1. The molecule has 0 aliphatic rings. The summed E-state index contributed by atoms with van der Waals surface area (Å²) in [5.41, 5.74) is 1.79. The van der Waals surface area contributed by atoms with Gasteiger partial charge in [0.2, 0.25) is 0 Å². The third-order valence-electron chi connectivity index (χ3n) is 0.340. The van der Waals surface area contributed by atoms with E-state index in [2.05, 4.69) is 0 Å². The molecule has 32 valence electrons. The van der Waals surface area contributed by atoms with Crippen LogP contribution in [0.1, 0.15) is 6.92 Å². The number of nitrogens with zero attached hydrogens (tertiary/aromatic N) is 1. The summed E-state index contributed by atoms with van der Waals surface area (Å²) in [7, 11) is 0. The maximum Gasteiger partial charge on any atom is 0.0953 e. The molecule has 0 rings (SSSR count). The van der Waals surface area contributed by atoms with E-state index in [0.717, 1.165) is 0 Å². The highest BCUT2D eigenvalue weighted by Crippen LogP contribution is 1.88. The van der Waals surface area contributed by atoms with Gasteiger partial charge in [-0.3, -0.25) is 0 Å². The lowest BCUT2D eigenvalue weighted by Crippen LogP contribution is -1.56. The van der Waals surface area contributed by atoms with E-state index >= 15 is 0 Å². The summed E-state index contributed by atoms with van der Waals surface area (Å²) < 4.78 is 0. The lowest BCUT2D eigenvalue weighted by Gasteiger charge is -1.68. The first-order valence-electron chi connectivity index (χ1n) is 1.48. The number of rotatable bonds is 0. The van der Waals surface area contributed by atoms with E-state index in [9.17, 15) is 0 Å². The minimum atomic E-state index is 0.539. The molecular weight excluding hydrogens is 97.5 g/mol. The van der Waals surface area contributed by atoms with Gasteiger partial charge in [-0.25, -0.2) is 0 Å². The van der Waals surface area contributed by atoms with Crippen molar-refractivity contribution in [3.05, 3.63) is 11.1 Å². The average Bonchev–Trinajstić information content (AvgIpc) is 1.65. The van der Waals surface area contributed by atoms with Gasteiger partial charge in [-0.2, -0.15) is 5.26 Å². The van der Waals surface area contributed by atoms with E-state index in [4.69, 9.17) is 16.9 Å². The van der Waals surface area contributed by atoms with Gasteiger partial charge in [0.25, 0.3) is 0 Å². The Kier molecular flexibility index (Phi) is 2.52. The highest BCUT2D eigenvalue weighted by Gasteiger charge is 1.73. The molecule has 0 N–H and O–H groups in total. The fourth-order valence-electron chi connectivity index (χ4n) is 0.0244. The van der Waals surface area contributed by atoms with E-state index < -0.39 is 0 Å². The lowest BCUT2D eigenvalue weighted by molar-refractivity contribution is 1.45. The number of halogens is 1. The maximum atomic E-state index is 7.93. The second kappa shape index (κ2) is 2.74. The van der Waals surface area contributed by atoms with Crippen LogP contribution in [-0.2, 0) is 0 Å². The van der Waals surface area contributed by atoms with Crippen LogP contribution in [0.15, 0.2) is 11.1 Å².